The largest absolute Gasteiger partial charge is 0.481 e. The number of carboxylic acid groups (broad SMARTS) is 1. The van der Waals surface area contributed by atoms with Gasteiger partial charge in [0.2, 0.25) is 0 Å². The maximum atomic E-state index is 11.8. The van der Waals surface area contributed by atoms with Crippen LogP contribution < -0.4 is 0 Å². The number of aliphatic carboxylic acids is 1. The van der Waals surface area contributed by atoms with Crippen molar-refractivity contribution in [2.24, 2.45) is 0 Å². The highest BCUT2D eigenvalue weighted by atomic mass is 79.9. The molecule has 0 fully saturated rings. The maximum absolute atomic E-state index is 11.8. The number of hydrogen-bond donors (Lipinski definition) is 1. The van der Waals surface area contributed by atoms with E-state index in [-0.39, 0.29) is 22.2 Å². The molecule has 0 aliphatic carbocycles. The molecule has 1 N–H and O–H groups in total. The average Bonchev–Trinajstić information content (AvgIpc) is 2.25. The van der Waals surface area contributed by atoms with Gasteiger partial charge in [0.05, 0.1) is 16.4 Å². The van der Waals surface area contributed by atoms with Crippen LogP contribution in [-0.2, 0) is 14.6 Å². The summed E-state index contributed by atoms with van der Waals surface area (Å²) < 4.78 is 24.4. The summed E-state index contributed by atoms with van der Waals surface area (Å²) in [7, 11) is -3.31. The van der Waals surface area contributed by atoms with E-state index in [9.17, 15) is 13.2 Å². The minimum atomic E-state index is -3.31. The summed E-state index contributed by atoms with van der Waals surface area (Å²) in [4.78, 5) is 10.5. The molecule has 0 heterocycles. The summed E-state index contributed by atoms with van der Waals surface area (Å²) in [5.74, 6) is -0.774. The number of sulfone groups is 1. The Kier molecular flexibility index (Phi) is 5.48. The Balaban J connectivity index is 2.57. The summed E-state index contributed by atoms with van der Waals surface area (Å²) in [5.41, 5.74) is 0. The fourth-order valence-electron chi connectivity index (χ4n) is 1.09. The van der Waals surface area contributed by atoms with Gasteiger partial charge in [-0.1, -0.05) is 15.9 Å². The molecule has 7 heteroatoms. The lowest BCUT2D eigenvalue weighted by molar-refractivity contribution is -0.133. The molecule has 94 valence electrons. The Morgan fingerprint density at radius 1 is 1.29 bits per heavy atom. The van der Waals surface area contributed by atoms with Crippen molar-refractivity contribution in [3.8, 4) is 0 Å². The van der Waals surface area contributed by atoms with Crippen molar-refractivity contribution in [2.75, 3.05) is 17.3 Å². The summed E-state index contributed by atoms with van der Waals surface area (Å²) in [6.45, 7) is 0. The molecule has 0 atom stereocenters. The first-order valence-electron chi connectivity index (χ1n) is 4.70. The predicted octanol–water partition coefficient (Wildman–Crippen LogP) is 2.04. The highest BCUT2D eigenvalue weighted by molar-refractivity contribution is 9.10. The topological polar surface area (TPSA) is 71.4 Å². The van der Waals surface area contributed by atoms with Crippen molar-refractivity contribution < 1.29 is 18.3 Å². The SMILES string of the molecule is O=C(O)CSCCS(=O)(=O)c1ccc(Br)cc1. The molecule has 0 amide bonds. The first-order valence-corrected chi connectivity index (χ1v) is 8.30. The van der Waals surface area contributed by atoms with Gasteiger partial charge >= 0.3 is 5.97 Å². The van der Waals surface area contributed by atoms with Gasteiger partial charge in [0.1, 0.15) is 0 Å². The van der Waals surface area contributed by atoms with E-state index in [1.165, 1.54) is 12.1 Å². The lowest BCUT2D eigenvalue weighted by Gasteiger charge is -2.03. The van der Waals surface area contributed by atoms with Gasteiger partial charge in [-0.05, 0) is 24.3 Å². The Labute approximate surface area is 112 Å². The van der Waals surface area contributed by atoms with Gasteiger partial charge in [0.25, 0.3) is 0 Å². The van der Waals surface area contributed by atoms with Crippen LogP contribution >= 0.6 is 27.7 Å². The molecule has 0 saturated carbocycles. The summed E-state index contributed by atoms with van der Waals surface area (Å²) in [5, 5.41) is 8.41. The van der Waals surface area contributed by atoms with Crippen LogP contribution in [0.15, 0.2) is 33.6 Å². The molecule has 0 unspecified atom stereocenters. The van der Waals surface area contributed by atoms with Crippen LogP contribution in [0.1, 0.15) is 0 Å². The van der Waals surface area contributed by atoms with Crippen molar-refractivity contribution in [3.63, 3.8) is 0 Å². The van der Waals surface area contributed by atoms with Crippen LogP contribution in [0.2, 0.25) is 0 Å². The zero-order valence-electron chi connectivity index (χ0n) is 8.80. The van der Waals surface area contributed by atoms with E-state index in [4.69, 9.17) is 5.11 Å². The third kappa shape index (κ3) is 5.10. The third-order valence-corrected chi connectivity index (χ3v) is 5.36. The Bertz CT molecular complexity index is 482. The van der Waals surface area contributed by atoms with E-state index in [2.05, 4.69) is 15.9 Å². The summed E-state index contributed by atoms with van der Waals surface area (Å²) in [6.07, 6.45) is 0. The average molecular weight is 339 g/mol. The second kappa shape index (κ2) is 6.42. The van der Waals surface area contributed by atoms with Crippen molar-refractivity contribution in [1.82, 2.24) is 0 Å². The molecule has 0 bridgehead atoms. The lowest BCUT2D eigenvalue weighted by Crippen LogP contribution is -2.10. The molecule has 1 aromatic rings. The van der Waals surface area contributed by atoms with Gasteiger partial charge in [0.15, 0.2) is 9.84 Å². The summed E-state index contributed by atoms with van der Waals surface area (Å²) >= 11 is 4.33. The monoisotopic (exact) mass is 338 g/mol. The zero-order chi connectivity index (χ0) is 12.9. The third-order valence-electron chi connectivity index (χ3n) is 1.89. The molecule has 0 aromatic heterocycles. The Morgan fingerprint density at radius 3 is 2.41 bits per heavy atom. The maximum Gasteiger partial charge on any atom is 0.313 e. The second-order valence-corrected chi connectivity index (χ2v) is 7.35. The van der Waals surface area contributed by atoms with Gasteiger partial charge in [-0.15, -0.1) is 11.8 Å². The van der Waals surface area contributed by atoms with Gasteiger partial charge in [0, 0.05) is 10.2 Å². The van der Waals surface area contributed by atoms with Gasteiger partial charge in [-0.25, -0.2) is 8.42 Å². The fraction of sp³-hybridized carbons (Fsp3) is 0.300. The first kappa shape index (κ1) is 14.5. The number of rotatable bonds is 6. The molecule has 17 heavy (non-hydrogen) atoms. The molecular formula is C10H11BrO4S2. The number of halogens is 1. The molecule has 1 aromatic carbocycles. The molecule has 0 aliphatic heterocycles. The van der Waals surface area contributed by atoms with E-state index in [1.54, 1.807) is 12.1 Å². The van der Waals surface area contributed by atoms with Crippen LogP contribution in [0, 0.1) is 0 Å². The van der Waals surface area contributed by atoms with Crippen molar-refractivity contribution in [1.29, 1.82) is 0 Å². The number of carboxylic acids is 1. The van der Waals surface area contributed by atoms with Crippen LogP contribution in [-0.4, -0.2) is 36.8 Å². The molecular weight excluding hydrogens is 328 g/mol. The Morgan fingerprint density at radius 2 is 1.88 bits per heavy atom. The minimum absolute atomic E-state index is 0.0490. The van der Waals surface area contributed by atoms with Crippen LogP contribution in [0.25, 0.3) is 0 Å². The standard InChI is InChI=1S/C10H11BrO4S2/c11-8-1-3-9(4-2-8)17(14,15)6-5-16-7-10(12)13/h1-4H,5-7H2,(H,12,13). The lowest BCUT2D eigenvalue weighted by atomic mass is 10.4. The first-order chi connectivity index (χ1) is 7.92. The second-order valence-electron chi connectivity index (χ2n) is 3.22. The van der Waals surface area contributed by atoms with E-state index in [1.807, 2.05) is 0 Å². The van der Waals surface area contributed by atoms with Crippen molar-refractivity contribution in [3.05, 3.63) is 28.7 Å². The molecule has 0 radical (unpaired) electrons. The molecule has 0 spiro atoms. The van der Waals surface area contributed by atoms with E-state index >= 15 is 0 Å². The molecule has 4 nitrogen and oxygen atoms in total. The zero-order valence-corrected chi connectivity index (χ0v) is 12.0. The highest BCUT2D eigenvalue weighted by Crippen LogP contribution is 2.16. The number of hydrogen-bond acceptors (Lipinski definition) is 4. The Hall–Kier alpha value is -0.530. The van der Waals surface area contributed by atoms with Crippen LogP contribution in [0.3, 0.4) is 0 Å². The number of benzene rings is 1. The smallest absolute Gasteiger partial charge is 0.313 e. The van der Waals surface area contributed by atoms with Crippen LogP contribution in [0.4, 0.5) is 0 Å². The molecule has 0 aliphatic rings. The predicted molar refractivity (Wildman–Crippen MR) is 71.2 cm³/mol. The minimum Gasteiger partial charge on any atom is -0.481 e. The number of carbonyl (C=O) groups is 1. The summed E-state index contributed by atoms with van der Waals surface area (Å²) in [6, 6.07) is 6.39. The normalized spacial score (nSPS) is 11.4. The van der Waals surface area contributed by atoms with E-state index in [0.717, 1.165) is 16.2 Å². The van der Waals surface area contributed by atoms with Crippen LogP contribution in [0.5, 0.6) is 0 Å². The van der Waals surface area contributed by atoms with Crippen molar-refractivity contribution >= 4 is 43.5 Å². The highest BCUT2D eigenvalue weighted by Gasteiger charge is 2.14. The van der Waals surface area contributed by atoms with Gasteiger partial charge < -0.3 is 5.11 Å². The van der Waals surface area contributed by atoms with E-state index < -0.39 is 15.8 Å². The van der Waals surface area contributed by atoms with Crippen molar-refractivity contribution in [2.45, 2.75) is 4.90 Å². The molecule has 1 rings (SSSR count). The quantitative estimate of drug-likeness (QED) is 0.803. The van der Waals surface area contributed by atoms with Gasteiger partial charge in [-0.3, -0.25) is 4.79 Å². The van der Waals surface area contributed by atoms with Gasteiger partial charge in [-0.2, -0.15) is 0 Å². The molecule has 0 saturated heterocycles. The van der Waals surface area contributed by atoms with E-state index in [0.29, 0.717) is 0 Å². The number of thioether (sulfide) groups is 1. The fourth-order valence-corrected chi connectivity index (χ4v) is 3.81.